The second-order valence-electron chi connectivity index (χ2n) is 11.0. The first-order valence-corrected chi connectivity index (χ1v) is 13.3. The predicted molar refractivity (Wildman–Crippen MR) is 137 cm³/mol. The van der Waals surface area contributed by atoms with Gasteiger partial charge in [-0.05, 0) is 51.1 Å². The van der Waals surface area contributed by atoms with Gasteiger partial charge in [-0.1, -0.05) is 6.07 Å². The Morgan fingerprint density at radius 3 is 2.31 bits per heavy atom. The molecule has 226 valence electrons. The zero-order chi connectivity index (χ0) is 30.7. The Morgan fingerprint density at radius 2 is 1.69 bits per heavy atom. The van der Waals surface area contributed by atoms with E-state index in [4.69, 9.17) is 28.8 Å². The average molecular weight is 590 g/mol. The number of aliphatic carboxylic acids is 1. The number of likely N-dealkylation sites (tertiary alicyclic amines) is 1. The molecule has 0 radical (unpaired) electrons. The van der Waals surface area contributed by atoms with Crippen LogP contribution in [0.1, 0.15) is 44.7 Å². The van der Waals surface area contributed by atoms with Crippen LogP contribution in [0.4, 0.5) is 0 Å². The normalized spacial score (nSPS) is 29.0. The van der Waals surface area contributed by atoms with Crippen molar-refractivity contribution in [2.45, 2.75) is 81.5 Å². The van der Waals surface area contributed by atoms with Crippen molar-refractivity contribution >= 4 is 29.8 Å². The highest BCUT2D eigenvalue weighted by atomic mass is 16.6. The molecule has 1 aromatic carbocycles. The number of likely N-dealkylation sites (N-methyl/N-ethyl adjacent to an activating group) is 1. The van der Waals surface area contributed by atoms with E-state index in [1.54, 1.807) is 6.07 Å². The molecule has 14 nitrogen and oxygen atoms in total. The highest BCUT2D eigenvalue weighted by molar-refractivity contribution is 5.90. The largest absolute Gasteiger partial charge is 0.504 e. The summed E-state index contributed by atoms with van der Waals surface area (Å²) in [7, 11) is 1.91. The van der Waals surface area contributed by atoms with Crippen LogP contribution in [-0.2, 0) is 54.8 Å². The lowest BCUT2D eigenvalue weighted by Gasteiger charge is -2.61. The lowest BCUT2D eigenvalue weighted by molar-refractivity contribution is -0.194. The van der Waals surface area contributed by atoms with Crippen LogP contribution in [0, 0.1) is 0 Å². The molecule has 0 amide bonds. The number of aromatic hydroxyl groups is 1. The van der Waals surface area contributed by atoms with E-state index in [1.165, 1.54) is 12.1 Å². The number of nitrogens with zero attached hydrogens (tertiary/aromatic N) is 1. The molecular formula is C28H31NO13. The van der Waals surface area contributed by atoms with Crippen molar-refractivity contribution in [3.8, 4) is 11.5 Å². The second kappa shape index (κ2) is 10.3. The molecule has 3 N–H and O–H groups in total. The Kier molecular flexibility index (Phi) is 7.18. The van der Waals surface area contributed by atoms with Crippen molar-refractivity contribution in [1.82, 2.24) is 4.90 Å². The Morgan fingerprint density at radius 1 is 1.05 bits per heavy atom. The maximum absolute atomic E-state index is 13.6. The third-order valence-electron chi connectivity index (χ3n) is 8.54. The molecule has 42 heavy (non-hydrogen) atoms. The number of hydrogen-bond donors (Lipinski definition) is 3. The number of aliphatic hydroxyl groups is 1. The van der Waals surface area contributed by atoms with Crippen molar-refractivity contribution in [2.24, 2.45) is 0 Å². The molecule has 14 heteroatoms. The minimum absolute atomic E-state index is 0.0444. The van der Waals surface area contributed by atoms with Crippen LogP contribution in [0.2, 0.25) is 0 Å². The van der Waals surface area contributed by atoms with Crippen LogP contribution in [-0.4, -0.2) is 99.7 Å². The number of carboxylic acids is 1. The summed E-state index contributed by atoms with van der Waals surface area (Å²) in [6.07, 6.45) is -4.72. The number of benzene rings is 1. The van der Waals surface area contributed by atoms with Crippen molar-refractivity contribution in [1.29, 1.82) is 0 Å². The number of carbonyl (C=O) groups excluding carboxylic acids is 4. The molecule has 1 fully saturated rings. The van der Waals surface area contributed by atoms with E-state index < -0.39 is 65.3 Å². The van der Waals surface area contributed by atoms with Crippen molar-refractivity contribution in [3.63, 3.8) is 0 Å². The van der Waals surface area contributed by atoms with Gasteiger partial charge in [0.05, 0.1) is 11.0 Å². The summed E-state index contributed by atoms with van der Waals surface area (Å²) in [5, 5.41) is 32.0. The Bertz CT molecular complexity index is 1400. The first-order chi connectivity index (χ1) is 19.7. The lowest BCUT2D eigenvalue weighted by Crippen LogP contribution is -2.74. The van der Waals surface area contributed by atoms with Gasteiger partial charge < -0.3 is 43.9 Å². The van der Waals surface area contributed by atoms with Gasteiger partial charge in [-0.2, -0.15) is 0 Å². The van der Waals surface area contributed by atoms with Gasteiger partial charge in [0.1, 0.15) is 5.76 Å². The van der Waals surface area contributed by atoms with Crippen LogP contribution < -0.4 is 4.74 Å². The van der Waals surface area contributed by atoms with Crippen molar-refractivity contribution in [3.05, 3.63) is 35.1 Å². The molecule has 2 aliphatic carbocycles. The van der Waals surface area contributed by atoms with Crippen LogP contribution in [0.5, 0.6) is 11.5 Å². The number of carboxylic acid groups (broad SMARTS) is 1. The fraction of sp³-hybridized carbons (Fsp3) is 0.536. The molecule has 1 aromatic rings. The van der Waals surface area contributed by atoms with E-state index in [0.717, 1.165) is 26.3 Å². The minimum Gasteiger partial charge on any atom is -0.504 e. The summed E-state index contributed by atoms with van der Waals surface area (Å²) in [5.74, 6) is -6.45. The lowest BCUT2D eigenvalue weighted by atomic mass is 9.50. The summed E-state index contributed by atoms with van der Waals surface area (Å²) < 4.78 is 26.7. The molecule has 2 heterocycles. The van der Waals surface area contributed by atoms with Gasteiger partial charge in [0.25, 0.3) is 0 Å². The molecule has 0 aromatic heterocycles. The maximum Gasteiger partial charge on any atom is 0.357 e. The summed E-state index contributed by atoms with van der Waals surface area (Å²) in [6.45, 7) is 3.47. The van der Waals surface area contributed by atoms with E-state index in [-0.39, 0.29) is 29.7 Å². The van der Waals surface area contributed by atoms with Crippen molar-refractivity contribution in [2.75, 3.05) is 13.6 Å². The molecule has 1 spiro atoms. The van der Waals surface area contributed by atoms with E-state index in [9.17, 15) is 34.2 Å². The smallest absolute Gasteiger partial charge is 0.357 e. The van der Waals surface area contributed by atoms with Crippen LogP contribution in [0.3, 0.4) is 0 Å². The maximum atomic E-state index is 13.6. The SMILES string of the molecule is CC(=O)O[C@@H](C(=O)OC1=CC[C@]2(O)[C@@H]3Cc4ccc(O)c5c4[C@]2(CCN3C)[C@@H]1O5)[C@@H](OC(C)=O)C(=O)O[C@@H](C)C(=O)O. The first-order valence-electron chi connectivity index (χ1n) is 13.3. The fourth-order valence-electron chi connectivity index (χ4n) is 6.73. The Balaban J connectivity index is 1.51. The van der Waals surface area contributed by atoms with Gasteiger partial charge in [0, 0.05) is 31.9 Å². The molecule has 1 saturated heterocycles. The molecule has 2 aliphatic heterocycles. The molecule has 4 aliphatic rings. The zero-order valence-corrected chi connectivity index (χ0v) is 23.3. The average Bonchev–Trinajstić information content (AvgIpc) is 3.27. The second-order valence-corrected chi connectivity index (χ2v) is 11.0. The predicted octanol–water partition coefficient (Wildman–Crippen LogP) is 0.0928. The number of phenols is 1. The van der Waals surface area contributed by atoms with Crippen LogP contribution >= 0.6 is 0 Å². The number of esters is 4. The molecule has 5 rings (SSSR count). The minimum atomic E-state index is -2.19. The van der Waals surface area contributed by atoms with Crippen molar-refractivity contribution < 1.29 is 63.0 Å². The zero-order valence-electron chi connectivity index (χ0n) is 23.3. The van der Waals surface area contributed by atoms with Gasteiger partial charge in [0.15, 0.2) is 23.7 Å². The molecule has 7 atom stereocenters. The Labute approximate surface area is 239 Å². The standard InChI is InChI=1S/C28H31NO13/c1-12(24(33)34)38-25(35)21(39-13(2)30)22(40-14(3)31)26(36)41-17-7-8-28(37)18-11-15-5-6-16(32)20-19(15)27(28,23(17)42-20)9-10-29(18)4/h5-7,12,18,21-23,32,37H,8-11H2,1-4H3,(H,33,34)/t12-,18-,21+,22+,23+,27+,28-/m0/s1. The number of ether oxygens (including phenoxy) is 5. The highest BCUT2D eigenvalue weighted by Crippen LogP contribution is 2.65. The van der Waals surface area contributed by atoms with E-state index in [0.29, 0.717) is 24.9 Å². The number of rotatable bonds is 8. The summed E-state index contributed by atoms with van der Waals surface area (Å²) in [4.78, 5) is 63.4. The number of carbonyl (C=O) groups is 5. The number of piperidine rings is 1. The number of phenolic OH excluding ortho intramolecular Hbond substituents is 1. The summed E-state index contributed by atoms with van der Waals surface area (Å²) >= 11 is 0. The monoisotopic (exact) mass is 589 g/mol. The van der Waals surface area contributed by atoms with Gasteiger partial charge in [-0.15, -0.1) is 0 Å². The highest BCUT2D eigenvalue weighted by Gasteiger charge is 2.72. The van der Waals surface area contributed by atoms with Gasteiger partial charge in [0.2, 0.25) is 12.2 Å². The fourth-order valence-corrected chi connectivity index (χ4v) is 6.73. The first kappa shape index (κ1) is 29.3. The van der Waals surface area contributed by atoms with Crippen LogP contribution in [0.25, 0.3) is 0 Å². The van der Waals surface area contributed by atoms with E-state index in [2.05, 4.69) is 4.90 Å². The molecule has 2 bridgehead atoms. The summed E-state index contributed by atoms with van der Waals surface area (Å²) in [6, 6.07) is 2.98. The quantitative estimate of drug-likeness (QED) is 0.273. The van der Waals surface area contributed by atoms with Gasteiger partial charge >= 0.3 is 29.8 Å². The van der Waals surface area contributed by atoms with E-state index in [1.807, 2.05) is 7.05 Å². The third kappa shape index (κ3) is 4.36. The Hall–Kier alpha value is -4.17. The topological polar surface area (TPSA) is 195 Å². The molecule has 0 unspecified atom stereocenters. The number of hydrogen-bond acceptors (Lipinski definition) is 13. The van der Waals surface area contributed by atoms with Gasteiger partial charge in [-0.25, -0.2) is 14.4 Å². The molecular weight excluding hydrogens is 558 g/mol. The van der Waals surface area contributed by atoms with E-state index >= 15 is 0 Å². The van der Waals surface area contributed by atoms with Crippen LogP contribution in [0.15, 0.2) is 24.0 Å². The summed E-state index contributed by atoms with van der Waals surface area (Å²) in [5.41, 5.74) is -0.930. The third-order valence-corrected chi connectivity index (χ3v) is 8.54. The molecule has 0 saturated carbocycles. The van der Waals surface area contributed by atoms with Gasteiger partial charge in [-0.3, -0.25) is 9.59 Å².